The summed E-state index contributed by atoms with van der Waals surface area (Å²) in [5.41, 5.74) is 2.66. The van der Waals surface area contributed by atoms with Crippen LogP contribution in [0.4, 0.5) is 5.69 Å². The van der Waals surface area contributed by atoms with E-state index in [0.29, 0.717) is 10.2 Å². The first-order valence-electron chi connectivity index (χ1n) is 4.02. The Hall–Kier alpha value is -1.12. The lowest BCUT2D eigenvalue weighted by Crippen LogP contribution is -2.49. The minimum Gasteiger partial charge on any atom is -0.338 e. The first-order valence-corrected chi connectivity index (χ1v) is 5.60. The van der Waals surface area contributed by atoms with Crippen LogP contribution in [0.15, 0.2) is 27.1 Å². The highest BCUT2D eigenvalue weighted by Gasteiger charge is 2.30. The molecule has 0 radical (unpaired) electrons. The van der Waals surface area contributed by atoms with E-state index in [0.717, 1.165) is 9.64 Å². The molecule has 0 spiro atoms. The Morgan fingerprint density at radius 1 is 1.19 bits per heavy atom. The van der Waals surface area contributed by atoms with E-state index in [1.807, 2.05) is 0 Å². The van der Waals surface area contributed by atoms with E-state index in [2.05, 4.69) is 47.1 Å². The average molecular weight is 352 g/mol. The van der Waals surface area contributed by atoms with Crippen molar-refractivity contribution in [2.24, 2.45) is 0 Å². The molecule has 84 valence electrons. The summed E-state index contributed by atoms with van der Waals surface area (Å²) in [6.45, 7) is 0. The molecule has 0 amide bonds. The fourth-order valence-electron chi connectivity index (χ4n) is 1.01. The molecule has 1 aliphatic rings. The Kier molecular flexibility index (Phi) is 3.13. The van der Waals surface area contributed by atoms with Gasteiger partial charge in [0.05, 0.1) is 0 Å². The first kappa shape index (κ1) is 11.4. The van der Waals surface area contributed by atoms with Crippen molar-refractivity contribution in [2.45, 2.75) is 0 Å². The van der Waals surface area contributed by atoms with Gasteiger partial charge >= 0.3 is 11.9 Å². The summed E-state index contributed by atoms with van der Waals surface area (Å²) in [7, 11) is 0. The largest absolute Gasteiger partial charge is 0.444 e. The molecule has 1 heterocycles. The fourth-order valence-corrected chi connectivity index (χ4v) is 2.22. The van der Waals surface area contributed by atoms with Gasteiger partial charge in [0.1, 0.15) is 5.69 Å². The van der Waals surface area contributed by atoms with Crippen LogP contribution >= 0.6 is 31.9 Å². The van der Waals surface area contributed by atoms with Gasteiger partial charge in [-0.1, -0.05) is 21.1 Å². The van der Waals surface area contributed by atoms with Crippen molar-refractivity contribution >= 4 is 49.5 Å². The summed E-state index contributed by atoms with van der Waals surface area (Å²) < 4.78 is 1.50. The number of halogens is 2. The van der Waals surface area contributed by atoms with Crippen molar-refractivity contribution < 1.29 is 19.3 Å². The lowest BCUT2D eigenvalue weighted by atomic mass is 10.3. The van der Waals surface area contributed by atoms with E-state index < -0.39 is 11.9 Å². The number of benzene rings is 1. The Bertz CT molecular complexity index is 465. The van der Waals surface area contributed by atoms with Gasteiger partial charge in [-0.25, -0.2) is 9.59 Å². The summed E-state index contributed by atoms with van der Waals surface area (Å²) in [5.74, 6) is -2.18. The van der Waals surface area contributed by atoms with Gasteiger partial charge < -0.3 is 9.68 Å². The van der Waals surface area contributed by atoms with E-state index >= 15 is 0 Å². The van der Waals surface area contributed by atoms with E-state index in [4.69, 9.17) is 0 Å². The summed E-state index contributed by atoms with van der Waals surface area (Å²) >= 11 is 6.55. The molecule has 0 aromatic heterocycles. The molecule has 8 heteroatoms. The van der Waals surface area contributed by atoms with Crippen LogP contribution in [0.25, 0.3) is 0 Å². The maximum Gasteiger partial charge on any atom is 0.444 e. The molecule has 0 saturated carbocycles. The quantitative estimate of drug-likeness (QED) is 0.772. The highest BCUT2D eigenvalue weighted by molar-refractivity contribution is 9.11. The number of carbonyl (C=O) groups is 2. The Morgan fingerprint density at radius 2 is 1.94 bits per heavy atom. The van der Waals surface area contributed by atoms with E-state index in [9.17, 15) is 9.59 Å². The number of nitrogens with zero attached hydrogens (tertiary/aromatic N) is 1. The Morgan fingerprint density at radius 3 is 2.56 bits per heavy atom. The second-order valence-corrected chi connectivity index (χ2v) is 4.52. The summed E-state index contributed by atoms with van der Waals surface area (Å²) in [4.78, 5) is 30.7. The van der Waals surface area contributed by atoms with E-state index in [-0.39, 0.29) is 0 Å². The van der Waals surface area contributed by atoms with E-state index in [1.54, 1.807) is 18.2 Å². The smallest absolute Gasteiger partial charge is 0.338 e. The zero-order valence-electron chi connectivity index (χ0n) is 7.57. The van der Waals surface area contributed by atoms with Crippen LogP contribution in [0.5, 0.6) is 0 Å². The topological polar surface area (TPSA) is 67.9 Å². The minimum atomic E-state index is -1.09. The third-order valence-corrected chi connectivity index (χ3v) is 2.82. The molecule has 1 fully saturated rings. The molecule has 0 aliphatic carbocycles. The Labute approximate surface area is 107 Å². The maximum absolute atomic E-state index is 11.0. The van der Waals surface area contributed by atoms with E-state index in [1.165, 1.54) is 0 Å². The summed E-state index contributed by atoms with van der Waals surface area (Å²) in [6, 6.07) is 5.15. The van der Waals surface area contributed by atoms with Crippen molar-refractivity contribution in [1.82, 2.24) is 5.59 Å². The second kappa shape index (κ2) is 4.40. The lowest BCUT2D eigenvalue weighted by molar-refractivity contribution is -0.192. The van der Waals surface area contributed by atoms with Crippen LogP contribution in [-0.4, -0.2) is 11.9 Å². The highest BCUT2D eigenvalue weighted by Crippen LogP contribution is 2.29. The van der Waals surface area contributed by atoms with Gasteiger partial charge in [-0.05, 0) is 39.7 Å². The number of nitrogens with one attached hydrogen (secondary N) is 1. The fraction of sp³-hybridized carbons (Fsp3) is 0. The van der Waals surface area contributed by atoms with Crippen LogP contribution in [-0.2, 0) is 19.3 Å². The summed E-state index contributed by atoms with van der Waals surface area (Å²) in [5, 5.41) is 0.945. The molecule has 1 aliphatic heterocycles. The molecule has 1 aromatic carbocycles. The molecular weight excluding hydrogens is 348 g/mol. The summed E-state index contributed by atoms with van der Waals surface area (Å²) in [6.07, 6.45) is 0. The van der Waals surface area contributed by atoms with Gasteiger partial charge in [0.25, 0.3) is 0 Å². The van der Waals surface area contributed by atoms with Crippen LogP contribution in [0.2, 0.25) is 0 Å². The molecule has 1 saturated heterocycles. The maximum atomic E-state index is 11.0. The third kappa shape index (κ3) is 2.18. The number of anilines is 1. The van der Waals surface area contributed by atoms with Crippen molar-refractivity contribution in [3.8, 4) is 0 Å². The predicted molar refractivity (Wildman–Crippen MR) is 59.6 cm³/mol. The van der Waals surface area contributed by atoms with Crippen molar-refractivity contribution in [1.29, 1.82) is 0 Å². The van der Waals surface area contributed by atoms with Crippen molar-refractivity contribution in [3.05, 3.63) is 27.1 Å². The van der Waals surface area contributed by atoms with Gasteiger partial charge in [0, 0.05) is 8.95 Å². The van der Waals surface area contributed by atoms with Gasteiger partial charge in [0.2, 0.25) is 0 Å². The van der Waals surface area contributed by atoms with Crippen LogP contribution < -0.4 is 10.8 Å². The molecule has 0 unspecified atom stereocenters. The number of carbonyl (C=O) groups excluding carboxylic acids is 2. The highest BCUT2D eigenvalue weighted by atomic mass is 79.9. The van der Waals surface area contributed by atoms with Crippen LogP contribution in [0.1, 0.15) is 0 Å². The SMILES string of the molecule is O=C1ONN(c2ccc(Br)cc2Br)OC1=O. The molecule has 0 bridgehead atoms. The second-order valence-electron chi connectivity index (χ2n) is 2.75. The van der Waals surface area contributed by atoms with Crippen molar-refractivity contribution in [3.63, 3.8) is 0 Å². The molecule has 1 aromatic rings. The van der Waals surface area contributed by atoms with Crippen LogP contribution in [0, 0.1) is 0 Å². The first-order chi connectivity index (χ1) is 7.58. The standard InChI is InChI=1S/C8H4Br2N2O4/c9-4-1-2-6(5(10)3-4)12-11-15-7(13)8(14)16-12/h1-3,11H. The van der Waals surface area contributed by atoms with Gasteiger partial charge in [-0.3, -0.25) is 0 Å². The number of hydrogen-bond acceptors (Lipinski definition) is 6. The van der Waals surface area contributed by atoms with Gasteiger partial charge in [0.15, 0.2) is 0 Å². The molecule has 0 atom stereocenters. The Balaban J connectivity index is 2.25. The average Bonchev–Trinajstić information content (AvgIpc) is 2.22. The van der Waals surface area contributed by atoms with Crippen molar-refractivity contribution in [2.75, 3.05) is 5.17 Å². The number of rotatable bonds is 1. The molecule has 2 rings (SSSR count). The molecule has 16 heavy (non-hydrogen) atoms. The third-order valence-electron chi connectivity index (χ3n) is 1.69. The minimum absolute atomic E-state index is 0.490. The molecule has 1 N–H and O–H groups in total. The number of hydrogen-bond donors (Lipinski definition) is 1. The monoisotopic (exact) mass is 350 g/mol. The zero-order chi connectivity index (χ0) is 11.7. The predicted octanol–water partition coefficient (Wildman–Crippen LogP) is 1.45. The normalized spacial score (nSPS) is 15.8. The lowest BCUT2D eigenvalue weighted by Gasteiger charge is -2.25. The number of hydrazine groups is 1. The van der Waals surface area contributed by atoms with Gasteiger partial charge in [-0.15, -0.1) is 0 Å². The zero-order valence-corrected chi connectivity index (χ0v) is 10.7. The molecule has 6 nitrogen and oxygen atoms in total. The van der Waals surface area contributed by atoms with Gasteiger partial charge in [-0.2, -0.15) is 0 Å². The molecular formula is C8H4Br2N2O4. The van der Waals surface area contributed by atoms with Crippen LogP contribution in [0.3, 0.4) is 0 Å².